The van der Waals surface area contributed by atoms with Gasteiger partial charge in [-0.05, 0) is 34.4 Å². The van der Waals surface area contributed by atoms with Gasteiger partial charge in [-0.1, -0.05) is 97.1 Å². The zero-order valence-corrected chi connectivity index (χ0v) is 25.8. The van der Waals surface area contributed by atoms with Crippen LogP contribution in [0, 0.1) is 0 Å². The summed E-state index contributed by atoms with van der Waals surface area (Å²) in [5.41, 5.74) is 5.09. The van der Waals surface area contributed by atoms with Gasteiger partial charge in [0.05, 0.1) is 18.8 Å². The van der Waals surface area contributed by atoms with Crippen molar-refractivity contribution in [3.8, 4) is 11.1 Å². The van der Waals surface area contributed by atoms with Crippen molar-refractivity contribution in [3.05, 3.63) is 131 Å². The van der Waals surface area contributed by atoms with Crippen molar-refractivity contribution >= 4 is 13.8 Å². The van der Waals surface area contributed by atoms with Crippen LogP contribution in [0.3, 0.4) is 0 Å². The zero-order chi connectivity index (χ0) is 31.7. The van der Waals surface area contributed by atoms with Gasteiger partial charge in [0, 0.05) is 18.6 Å². The van der Waals surface area contributed by atoms with Crippen LogP contribution in [0.2, 0.25) is 0 Å². The minimum atomic E-state index is -4.80. The molecule has 3 aliphatic rings. The highest BCUT2D eigenvalue weighted by Gasteiger charge is 2.55. The minimum absolute atomic E-state index is 0.0873. The van der Waals surface area contributed by atoms with Crippen LogP contribution >= 0.6 is 7.82 Å². The monoisotopic (exact) mass is 644 g/mol. The molecule has 11 heteroatoms. The van der Waals surface area contributed by atoms with Crippen molar-refractivity contribution in [2.45, 2.75) is 42.9 Å². The first-order valence-corrected chi connectivity index (χ1v) is 16.5. The lowest BCUT2D eigenvalue weighted by atomic mass is 9.97. The molecule has 238 valence electrons. The highest BCUT2D eigenvalue weighted by Crippen LogP contribution is 2.52. The van der Waals surface area contributed by atoms with E-state index in [2.05, 4.69) is 0 Å². The molecule has 0 saturated carbocycles. The highest BCUT2D eigenvalue weighted by molar-refractivity contribution is 7.47. The SMILES string of the molecule is CO[C@@H]1O[C@@H]2COC(c3ccccc3)O[C@@H]2[C@H](OC(=O)c2ccccc2)[C@H]1OP(=O)(O)OCC1c2ccccc2-c2ccccc21. The van der Waals surface area contributed by atoms with Crippen LogP contribution in [0.25, 0.3) is 11.1 Å². The zero-order valence-electron chi connectivity index (χ0n) is 24.9. The molecule has 2 unspecified atom stereocenters. The Bertz CT molecular complexity index is 1670. The Morgan fingerprint density at radius 2 is 1.43 bits per heavy atom. The van der Waals surface area contributed by atoms with Crippen molar-refractivity contribution in [2.75, 3.05) is 20.3 Å². The summed E-state index contributed by atoms with van der Waals surface area (Å²) in [6, 6.07) is 33.4. The number of benzene rings is 4. The van der Waals surface area contributed by atoms with Crippen molar-refractivity contribution < 1.29 is 47.0 Å². The number of phosphoric acid groups is 1. The van der Waals surface area contributed by atoms with Crippen molar-refractivity contribution in [2.24, 2.45) is 0 Å². The minimum Gasteiger partial charge on any atom is -0.453 e. The summed E-state index contributed by atoms with van der Waals surface area (Å²) in [6.45, 7) is -0.0437. The van der Waals surface area contributed by atoms with E-state index in [1.807, 2.05) is 78.9 Å². The number of fused-ring (bicyclic) bond motifs is 4. The van der Waals surface area contributed by atoms with E-state index >= 15 is 0 Å². The van der Waals surface area contributed by atoms with Gasteiger partial charge < -0.3 is 28.6 Å². The van der Waals surface area contributed by atoms with Gasteiger partial charge in [0.2, 0.25) is 0 Å². The van der Waals surface area contributed by atoms with E-state index in [0.717, 1.165) is 27.8 Å². The molecule has 0 bridgehead atoms. The second-order valence-electron chi connectivity index (χ2n) is 11.3. The summed E-state index contributed by atoms with van der Waals surface area (Å²) < 4.78 is 55.0. The summed E-state index contributed by atoms with van der Waals surface area (Å²) in [7, 11) is -3.43. The van der Waals surface area contributed by atoms with Gasteiger partial charge in [0.25, 0.3) is 0 Å². The first-order valence-electron chi connectivity index (χ1n) is 15.0. The lowest BCUT2D eigenvalue weighted by Gasteiger charge is -2.48. The lowest BCUT2D eigenvalue weighted by Crippen LogP contribution is -2.63. The molecule has 4 aromatic carbocycles. The molecule has 7 rings (SSSR count). The van der Waals surface area contributed by atoms with Crippen molar-refractivity contribution in [1.82, 2.24) is 0 Å². The molecule has 1 N–H and O–H groups in total. The Balaban J connectivity index is 1.15. The van der Waals surface area contributed by atoms with Gasteiger partial charge in [0.1, 0.15) is 12.2 Å². The summed E-state index contributed by atoms with van der Waals surface area (Å²) in [4.78, 5) is 24.5. The lowest BCUT2D eigenvalue weighted by molar-refractivity contribution is -0.355. The van der Waals surface area contributed by atoms with E-state index < -0.39 is 50.8 Å². The number of carbonyl (C=O) groups is 1. The van der Waals surface area contributed by atoms with Crippen molar-refractivity contribution in [3.63, 3.8) is 0 Å². The fraction of sp³-hybridized carbons (Fsp3) is 0.286. The fourth-order valence-electron chi connectivity index (χ4n) is 6.32. The van der Waals surface area contributed by atoms with Crippen LogP contribution in [0.4, 0.5) is 0 Å². The molecule has 2 aliphatic heterocycles. The van der Waals surface area contributed by atoms with Gasteiger partial charge in [-0.3, -0.25) is 9.05 Å². The molecular formula is C35H33O10P. The Hall–Kier alpha value is -3.70. The number of hydrogen-bond donors (Lipinski definition) is 1. The van der Waals surface area contributed by atoms with Gasteiger partial charge in [-0.15, -0.1) is 0 Å². The molecule has 0 spiro atoms. The Morgan fingerprint density at radius 3 is 2.09 bits per heavy atom. The molecule has 1 aliphatic carbocycles. The van der Waals surface area contributed by atoms with E-state index in [4.69, 9.17) is 32.7 Å². The molecule has 4 aromatic rings. The number of hydrogen-bond acceptors (Lipinski definition) is 9. The molecule has 2 saturated heterocycles. The normalized spacial score (nSPS) is 26.7. The predicted octanol–water partition coefficient (Wildman–Crippen LogP) is 6.01. The van der Waals surface area contributed by atoms with E-state index in [-0.39, 0.29) is 24.7 Å². The standard InChI is InChI=1S/C35H33O10P/c1-39-35-32(45-46(37,38)41-20-28-26-18-10-8-16-24(26)25-17-9-11-19-27(25)28)31(43-33(36)22-12-4-2-5-13-22)30-29(42-35)21-40-34(44-30)23-14-6-3-7-15-23/h2-19,28-32,34-35H,20-21H2,1H3,(H,37,38)/t29-,30+,31+,32-,34?,35-/m1/s1. The average Bonchev–Trinajstić information content (AvgIpc) is 3.42. The number of rotatable bonds is 9. The second-order valence-corrected chi connectivity index (χ2v) is 12.7. The number of phosphoric ester groups is 1. The van der Waals surface area contributed by atoms with Gasteiger partial charge in [0.15, 0.2) is 24.8 Å². The first-order chi connectivity index (χ1) is 22.4. The second kappa shape index (κ2) is 13.2. The largest absolute Gasteiger partial charge is 0.472 e. The number of methoxy groups -OCH3 is 1. The molecular weight excluding hydrogens is 611 g/mol. The molecule has 0 amide bonds. The van der Waals surface area contributed by atoms with Crippen LogP contribution < -0.4 is 0 Å². The van der Waals surface area contributed by atoms with Gasteiger partial charge in [-0.2, -0.15) is 0 Å². The Morgan fingerprint density at radius 1 is 0.826 bits per heavy atom. The summed E-state index contributed by atoms with van der Waals surface area (Å²) >= 11 is 0. The predicted molar refractivity (Wildman–Crippen MR) is 166 cm³/mol. The molecule has 46 heavy (non-hydrogen) atoms. The van der Waals surface area contributed by atoms with Gasteiger partial charge >= 0.3 is 13.8 Å². The van der Waals surface area contributed by atoms with Crippen LogP contribution in [0.15, 0.2) is 109 Å². The van der Waals surface area contributed by atoms with E-state index in [0.29, 0.717) is 0 Å². The smallest absolute Gasteiger partial charge is 0.453 e. The van der Waals surface area contributed by atoms with Crippen LogP contribution in [-0.2, 0) is 37.3 Å². The molecule has 7 atom stereocenters. The maximum absolute atomic E-state index is 13.7. The number of carbonyl (C=O) groups excluding carboxylic acids is 1. The van der Waals surface area contributed by atoms with Crippen molar-refractivity contribution in [1.29, 1.82) is 0 Å². The third-order valence-corrected chi connectivity index (χ3v) is 9.45. The molecule has 2 heterocycles. The number of esters is 1. The quantitative estimate of drug-likeness (QED) is 0.171. The summed E-state index contributed by atoms with van der Waals surface area (Å²) in [6.07, 6.45) is -6.31. The molecule has 0 aromatic heterocycles. The third kappa shape index (κ3) is 6.19. The van der Waals surface area contributed by atoms with E-state index in [1.54, 1.807) is 30.3 Å². The maximum atomic E-state index is 13.7. The molecule has 10 nitrogen and oxygen atoms in total. The Kier molecular flexibility index (Phi) is 8.87. The third-order valence-electron chi connectivity index (χ3n) is 8.46. The first kappa shape index (κ1) is 30.9. The summed E-state index contributed by atoms with van der Waals surface area (Å²) in [5, 5.41) is 0. The fourth-order valence-corrected chi connectivity index (χ4v) is 7.25. The topological polar surface area (TPSA) is 119 Å². The Labute approximate surface area is 266 Å². The number of ether oxygens (including phenoxy) is 5. The summed E-state index contributed by atoms with van der Waals surface area (Å²) in [5.74, 6) is -0.965. The van der Waals surface area contributed by atoms with Crippen LogP contribution in [0.1, 0.15) is 39.3 Å². The van der Waals surface area contributed by atoms with Gasteiger partial charge in [-0.25, -0.2) is 9.36 Å². The molecule has 2 fully saturated rings. The van der Waals surface area contributed by atoms with Crippen LogP contribution in [0.5, 0.6) is 0 Å². The van der Waals surface area contributed by atoms with Crippen LogP contribution in [-0.4, -0.2) is 61.9 Å². The highest BCUT2D eigenvalue weighted by atomic mass is 31.2. The average molecular weight is 645 g/mol. The maximum Gasteiger partial charge on any atom is 0.472 e. The van der Waals surface area contributed by atoms with E-state index in [1.165, 1.54) is 7.11 Å². The van der Waals surface area contributed by atoms with E-state index in [9.17, 15) is 14.3 Å². The molecule has 0 radical (unpaired) electrons.